The fourth-order valence-corrected chi connectivity index (χ4v) is 8.02. The second kappa shape index (κ2) is 8.37. The zero-order chi connectivity index (χ0) is 23.3. The van der Waals surface area contributed by atoms with Crippen LogP contribution in [0.25, 0.3) is 20.3 Å². The zero-order valence-electron chi connectivity index (χ0n) is 18.4. The number of para-hydroxylation sites is 1. The van der Waals surface area contributed by atoms with Gasteiger partial charge in [-0.2, -0.15) is 0 Å². The Bertz CT molecular complexity index is 1640. The molecular formula is C26H21N3O2S3. The van der Waals surface area contributed by atoms with Crippen LogP contribution in [0, 0.1) is 6.92 Å². The maximum Gasteiger partial charge on any atom is 0.264 e. The number of benzene rings is 3. The summed E-state index contributed by atoms with van der Waals surface area (Å²) in [5.74, 6) is 0.814. The van der Waals surface area contributed by atoms with Crippen molar-refractivity contribution in [1.82, 2.24) is 9.97 Å². The highest BCUT2D eigenvalue weighted by molar-refractivity contribution is 7.98. The number of nitrogens with zero attached hydrogens (tertiary/aromatic N) is 3. The van der Waals surface area contributed by atoms with Gasteiger partial charge in [-0.25, -0.2) is 18.4 Å². The molecule has 0 saturated carbocycles. The van der Waals surface area contributed by atoms with Crippen molar-refractivity contribution in [3.05, 3.63) is 89.7 Å². The van der Waals surface area contributed by atoms with E-state index in [2.05, 4.69) is 41.2 Å². The second-order valence-corrected chi connectivity index (χ2v) is 12.2. The van der Waals surface area contributed by atoms with Gasteiger partial charge >= 0.3 is 0 Å². The average molecular weight is 504 g/mol. The van der Waals surface area contributed by atoms with Crippen molar-refractivity contribution >= 4 is 59.1 Å². The molecule has 2 aromatic heterocycles. The van der Waals surface area contributed by atoms with Gasteiger partial charge < -0.3 is 0 Å². The number of hydrogen-bond acceptors (Lipinski definition) is 6. The predicted molar refractivity (Wildman–Crippen MR) is 140 cm³/mol. The van der Waals surface area contributed by atoms with Crippen molar-refractivity contribution in [2.45, 2.75) is 29.0 Å². The molecule has 0 unspecified atom stereocenters. The third-order valence-corrected chi connectivity index (χ3v) is 10.3. The van der Waals surface area contributed by atoms with Crippen LogP contribution in [0.2, 0.25) is 0 Å². The summed E-state index contributed by atoms with van der Waals surface area (Å²) >= 11 is 3.29. The highest BCUT2D eigenvalue weighted by atomic mass is 32.2. The van der Waals surface area contributed by atoms with Gasteiger partial charge in [-0.3, -0.25) is 4.31 Å². The lowest BCUT2D eigenvalue weighted by atomic mass is 10.2. The molecule has 34 heavy (non-hydrogen) atoms. The van der Waals surface area contributed by atoms with Crippen LogP contribution in [0.15, 0.2) is 83.0 Å². The summed E-state index contributed by atoms with van der Waals surface area (Å²) in [7, 11) is -3.66. The molecule has 0 fully saturated rings. The summed E-state index contributed by atoms with van der Waals surface area (Å²) in [6.07, 6.45) is 2.30. The second-order valence-electron chi connectivity index (χ2n) is 8.35. The van der Waals surface area contributed by atoms with Gasteiger partial charge in [-0.05, 0) is 48.7 Å². The summed E-state index contributed by atoms with van der Waals surface area (Å²) < 4.78 is 30.6. The number of thiophene rings is 1. The Morgan fingerprint density at radius 1 is 1.03 bits per heavy atom. The molecule has 1 aliphatic rings. The van der Waals surface area contributed by atoms with E-state index in [9.17, 15) is 8.42 Å². The predicted octanol–water partition coefficient (Wildman–Crippen LogP) is 6.20. The van der Waals surface area contributed by atoms with Gasteiger partial charge in [0.25, 0.3) is 10.0 Å². The molecule has 0 amide bonds. The third-order valence-electron chi connectivity index (χ3n) is 6.12. The first-order valence-electron chi connectivity index (χ1n) is 11.0. The van der Waals surface area contributed by atoms with Gasteiger partial charge in [0.05, 0.1) is 20.8 Å². The highest BCUT2D eigenvalue weighted by Crippen LogP contribution is 2.40. The Labute approximate surface area is 206 Å². The number of rotatable bonds is 5. The average Bonchev–Trinajstić information content (AvgIpc) is 3.46. The van der Waals surface area contributed by atoms with Crippen molar-refractivity contribution in [3.8, 4) is 0 Å². The SMILES string of the molecule is Cc1ccc(CSc2ncnc3c2sc2ccc(S(=O)(=O)N4CCc5ccccc54)cc23)cc1. The van der Waals surface area contributed by atoms with E-state index in [1.54, 1.807) is 41.6 Å². The number of sulfonamides is 1. The Hall–Kier alpha value is -2.94. The minimum absolute atomic E-state index is 0.295. The summed E-state index contributed by atoms with van der Waals surface area (Å²) in [5.41, 5.74) is 5.12. The normalized spacial score (nSPS) is 13.6. The standard InChI is InChI=1S/C26H21N3O2S3/c1-17-6-8-18(9-7-17)15-32-26-25-24(27-16-28-26)21-14-20(10-11-23(21)33-25)34(30,31)29-13-12-19-4-2-3-5-22(19)29/h2-11,14,16H,12-13,15H2,1H3. The van der Waals surface area contributed by atoms with Crippen molar-refractivity contribution in [1.29, 1.82) is 0 Å². The number of anilines is 1. The topological polar surface area (TPSA) is 63.2 Å². The van der Waals surface area contributed by atoms with Crippen LogP contribution in [-0.2, 0) is 22.2 Å². The molecule has 0 aliphatic carbocycles. The molecule has 5 aromatic rings. The first-order chi connectivity index (χ1) is 16.5. The van der Waals surface area contributed by atoms with Gasteiger partial charge in [0.15, 0.2) is 0 Å². The van der Waals surface area contributed by atoms with Crippen LogP contribution in [0.1, 0.15) is 16.7 Å². The van der Waals surface area contributed by atoms with Gasteiger partial charge in [0, 0.05) is 22.4 Å². The molecular weight excluding hydrogens is 483 g/mol. The van der Waals surface area contributed by atoms with Gasteiger partial charge in [-0.15, -0.1) is 23.1 Å². The van der Waals surface area contributed by atoms with E-state index in [0.29, 0.717) is 11.4 Å². The van der Waals surface area contributed by atoms with E-state index in [4.69, 9.17) is 0 Å². The lowest BCUT2D eigenvalue weighted by molar-refractivity contribution is 0.592. The van der Waals surface area contributed by atoms with Crippen LogP contribution in [0.3, 0.4) is 0 Å². The summed E-state index contributed by atoms with van der Waals surface area (Å²) in [6, 6.07) is 21.6. The van der Waals surface area contributed by atoms with Crippen LogP contribution in [-0.4, -0.2) is 24.9 Å². The van der Waals surface area contributed by atoms with E-state index in [1.807, 2.05) is 30.3 Å². The largest absolute Gasteiger partial charge is 0.266 e. The molecule has 3 heterocycles. The number of fused-ring (bicyclic) bond motifs is 4. The van der Waals surface area contributed by atoms with Crippen molar-refractivity contribution in [2.24, 2.45) is 0 Å². The minimum atomic E-state index is -3.66. The maximum atomic E-state index is 13.5. The molecule has 1 aliphatic heterocycles. The lowest BCUT2D eigenvalue weighted by Crippen LogP contribution is -2.29. The van der Waals surface area contributed by atoms with Crippen molar-refractivity contribution < 1.29 is 8.42 Å². The van der Waals surface area contributed by atoms with E-state index < -0.39 is 10.0 Å². The van der Waals surface area contributed by atoms with Crippen molar-refractivity contribution in [3.63, 3.8) is 0 Å². The highest BCUT2D eigenvalue weighted by Gasteiger charge is 2.31. The van der Waals surface area contributed by atoms with E-state index in [-0.39, 0.29) is 0 Å². The molecule has 5 nitrogen and oxygen atoms in total. The first kappa shape index (κ1) is 21.6. The van der Waals surface area contributed by atoms with Gasteiger partial charge in [-0.1, -0.05) is 48.0 Å². The Kier molecular flexibility index (Phi) is 5.32. The molecule has 0 N–H and O–H groups in total. The zero-order valence-corrected chi connectivity index (χ0v) is 20.9. The lowest BCUT2D eigenvalue weighted by Gasteiger charge is -2.19. The molecule has 0 radical (unpaired) electrons. The number of hydrogen-bond donors (Lipinski definition) is 0. The maximum absolute atomic E-state index is 13.5. The van der Waals surface area contributed by atoms with Gasteiger partial charge in [0.2, 0.25) is 0 Å². The fraction of sp³-hybridized carbons (Fsp3) is 0.154. The fourth-order valence-electron chi connectivity index (χ4n) is 4.32. The number of aryl methyl sites for hydroxylation is 1. The van der Waals surface area contributed by atoms with Crippen LogP contribution in [0.5, 0.6) is 0 Å². The van der Waals surface area contributed by atoms with E-state index >= 15 is 0 Å². The molecule has 6 rings (SSSR count). The minimum Gasteiger partial charge on any atom is -0.266 e. The molecule has 170 valence electrons. The Morgan fingerprint density at radius 2 is 1.85 bits per heavy atom. The molecule has 8 heteroatoms. The van der Waals surface area contributed by atoms with Crippen LogP contribution >= 0.6 is 23.1 Å². The Balaban J connectivity index is 1.37. The monoisotopic (exact) mass is 503 g/mol. The summed E-state index contributed by atoms with van der Waals surface area (Å²) in [5, 5.41) is 1.78. The third kappa shape index (κ3) is 3.66. The van der Waals surface area contributed by atoms with Gasteiger partial charge in [0.1, 0.15) is 11.4 Å². The number of aromatic nitrogens is 2. The molecule has 0 spiro atoms. The van der Waals surface area contributed by atoms with E-state index in [0.717, 1.165) is 48.8 Å². The van der Waals surface area contributed by atoms with Crippen LogP contribution in [0.4, 0.5) is 5.69 Å². The van der Waals surface area contributed by atoms with Crippen molar-refractivity contribution in [2.75, 3.05) is 10.8 Å². The molecule has 0 bridgehead atoms. The molecule has 0 atom stereocenters. The summed E-state index contributed by atoms with van der Waals surface area (Å²) in [4.78, 5) is 9.36. The van der Waals surface area contributed by atoms with E-state index in [1.165, 1.54) is 15.4 Å². The first-order valence-corrected chi connectivity index (χ1v) is 14.2. The number of thioether (sulfide) groups is 1. The Morgan fingerprint density at radius 3 is 2.71 bits per heavy atom. The smallest absolute Gasteiger partial charge is 0.264 e. The quantitative estimate of drug-likeness (QED) is 0.211. The molecule has 0 saturated heterocycles. The molecule has 3 aromatic carbocycles. The summed E-state index contributed by atoms with van der Waals surface area (Å²) in [6.45, 7) is 2.55. The van der Waals surface area contributed by atoms with Crippen LogP contribution < -0.4 is 4.31 Å².